The zero-order valence-corrected chi connectivity index (χ0v) is 19.1. The Labute approximate surface area is 191 Å². The molecule has 0 aliphatic heterocycles. The molecule has 0 heterocycles. The zero-order chi connectivity index (χ0) is 22.3. The van der Waals surface area contributed by atoms with Crippen molar-refractivity contribution in [3.05, 3.63) is 68.4 Å². The molecule has 0 unspecified atom stereocenters. The zero-order valence-electron chi connectivity index (χ0n) is 16.9. The van der Waals surface area contributed by atoms with Crippen LogP contribution in [0.5, 0.6) is 0 Å². The molecule has 2 amide bonds. The maximum atomic E-state index is 14.2. The second-order valence-electron chi connectivity index (χ2n) is 6.85. The van der Waals surface area contributed by atoms with E-state index >= 15 is 0 Å². The van der Waals surface area contributed by atoms with Crippen molar-refractivity contribution in [3.8, 4) is 0 Å². The van der Waals surface area contributed by atoms with Gasteiger partial charge in [-0.25, -0.2) is 4.39 Å². The topological polar surface area (TPSA) is 49.4 Å². The largest absolute Gasteiger partial charge is 0.354 e. The van der Waals surface area contributed by atoms with E-state index in [2.05, 4.69) is 5.32 Å². The molecular weight excluding hydrogens is 450 g/mol. The Morgan fingerprint density at radius 1 is 1.10 bits per heavy atom. The lowest BCUT2D eigenvalue weighted by atomic mass is 10.1. The fourth-order valence-electron chi connectivity index (χ4n) is 3.07. The lowest BCUT2D eigenvalue weighted by Gasteiger charge is -2.31. The second kappa shape index (κ2) is 11.5. The molecule has 0 saturated heterocycles. The molecule has 0 spiro atoms. The van der Waals surface area contributed by atoms with Crippen LogP contribution in [0.3, 0.4) is 0 Å². The molecule has 0 aliphatic carbocycles. The summed E-state index contributed by atoms with van der Waals surface area (Å²) in [5.41, 5.74) is 0.732. The van der Waals surface area contributed by atoms with Crippen LogP contribution in [0.4, 0.5) is 4.39 Å². The summed E-state index contributed by atoms with van der Waals surface area (Å²) in [6, 6.07) is 8.46. The van der Waals surface area contributed by atoms with Crippen LogP contribution in [0.15, 0.2) is 36.4 Å². The third-order valence-electron chi connectivity index (χ3n) is 4.68. The second-order valence-corrected chi connectivity index (χ2v) is 8.10. The summed E-state index contributed by atoms with van der Waals surface area (Å²) in [7, 11) is 0. The minimum atomic E-state index is -0.735. The highest BCUT2D eigenvalue weighted by atomic mass is 35.5. The van der Waals surface area contributed by atoms with Crippen LogP contribution in [0, 0.1) is 5.82 Å². The molecule has 2 aromatic carbocycles. The lowest BCUT2D eigenvalue weighted by molar-refractivity contribution is -0.141. The summed E-state index contributed by atoms with van der Waals surface area (Å²) in [5, 5.41) is 3.84. The Bertz CT molecular complexity index is 888. The summed E-state index contributed by atoms with van der Waals surface area (Å²) in [4.78, 5) is 27.4. The molecule has 4 nitrogen and oxygen atoms in total. The molecule has 1 N–H and O–H groups in total. The first-order chi connectivity index (χ1) is 14.3. The molecule has 8 heteroatoms. The molecule has 2 aromatic rings. The van der Waals surface area contributed by atoms with Gasteiger partial charge in [-0.3, -0.25) is 9.59 Å². The molecule has 0 radical (unpaired) electrons. The van der Waals surface area contributed by atoms with Crippen molar-refractivity contribution >= 4 is 46.6 Å². The number of halogens is 4. The van der Waals surface area contributed by atoms with E-state index in [9.17, 15) is 14.0 Å². The highest BCUT2D eigenvalue weighted by Gasteiger charge is 2.29. The van der Waals surface area contributed by atoms with Crippen molar-refractivity contribution in [2.75, 3.05) is 6.54 Å². The number of amides is 2. The van der Waals surface area contributed by atoms with Gasteiger partial charge in [-0.15, -0.1) is 0 Å². The summed E-state index contributed by atoms with van der Waals surface area (Å²) in [5.74, 6) is -1.26. The Balaban J connectivity index is 2.38. The molecule has 0 fully saturated rings. The first-order valence-electron chi connectivity index (χ1n) is 9.72. The maximum Gasteiger partial charge on any atom is 0.242 e. The van der Waals surface area contributed by atoms with Crippen LogP contribution in [-0.2, 0) is 22.6 Å². The minimum Gasteiger partial charge on any atom is -0.354 e. The van der Waals surface area contributed by atoms with Gasteiger partial charge < -0.3 is 10.2 Å². The third-order valence-corrected chi connectivity index (χ3v) is 5.62. The Morgan fingerprint density at radius 3 is 2.43 bits per heavy atom. The molecule has 0 saturated carbocycles. The summed E-state index contributed by atoms with van der Waals surface area (Å²) in [6.45, 7) is 4.34. The van der Waals surface area contributed by atoms with E-state index in [1.165, 1.54) is 23.1 Å². The van der Waals surface area contributed by atoms with Gasteiger partial charge in [-0.05, 0) is 42.7 Å². The van der Waals surface area contributed by atoms with Crippen LogP contribution in [0.2, 0.25) is 15.1 Å². The van der Waals surface area contributed by atoms with E-state index in [1.54, 1.807) is 18.2 Å². The van der Waals surface area contributed by atoms with Gasteiger partial charge in [0.2, 0.25) is 11.8 Å². The fourth-order valence-corrected chi connectivity index (χ4v) is 3.77. The van der Waals surface area contributed by atoms with Gasteiger partial charge in [0.1, 0.15) is 11.9 Å². The highest BCUT2D eigenvalue weighted by molar-refractivity contribution is 6.35. The summed E-state index contributed by atoms with van der Waals surface area (Å²) >= 11 is 18.4. The molecule has 2 rings (SSSR count). The number of nitrogens with zero attached hydrogens (tertiary/aromatic N) is 1. The van der Waals surface area contributed by atoms with Gasteiger partial charge in [0.05, 0.1) is 6.42 Å². The highest BCUT2D eigenvalue weighted by Crippen LogP contribution is 2.25. The first kappa shape index (κ1) is 24.4. The molecule has 162 valence electrons. The summed E-state index contributed by atoms with van der Waals surface area (Å²) in [6.07, 6.45) is 0.885. The SMILES string of the molecule is CCCNC(=O)[C@@H](CC)N(Cc1ccc(Cl)cc1Cl)C(=O)Cc1c(F)cccc1Cl. The molecule has 1 atom stereocenters. The summed E-state index contributed by atoms with van der Waals surface area (Å²) < 4.78 is 14.2. The van der Waals surface area contributed by atoms with Gasteiger partial charge in [0.15, 0.2) is 0 Å². The van der Waals surface area contributed by atoms with Crippen molar-refractivity contribution in [3.63, 3.8) is 0 Å². The van der Waals surface area contributed by atoms with Crippen molar-refractivity contribution in [2.24, 2.45) is 0 Å². The van der Waals surface area contributed by atoms with Crippen LogP contribution < -0.4 is 5.32 Å². The van der Waals surface area contributed by atoms with Crippen LogP contribution in [0.1, 0.15) is 37.8 Å². The first-order valence-corrected chi connectivity index (χ1v) is 10.9. The smallest absolute Gasteiger partial charge is 0.242 e. The number of benzene rings is 2. The number of hydrogen-bond acceptors (Lipinski definition) is 2. The maximum absolute atomic E-state index is 14.2. The molecule has 0 bridgehead atoms. The van der Waals surface area contributed by atoms with Crippen molar-refractivity contribution < 1.29 is 14.0 Å². The standard InChI is InChI=1S/C22H24Cl3FN2O2/c1-3-10-27-22(30)20(4-2)28(13-14-8-9-15(23)11-18(14)25)21(29)12-16-17(24)6-5-7-19(16)26/h5-9,11,20H,3-4,10,12-13H2,1-2H3,(H,27,30)/t20-/m1/s1. The predicted octanol–water partition coefficient (Wildman–Crippen LogP) is 5.66. The van der Waals surface area contributed by atoms with Crippen molar-refractivity contribution in [2.45, 2.75) is 45.7 Å². The molecule has 0 aromatic heterocycles. The number of hydrogen-bond donors (Lipinski definition) is 1. The van der Waals surface area contributed by atoms with Crippen molar-refractivity contribution in [1.29, 1.82) is 0 Å². The van der Waals surface area contributed by atoms with Crippen molar-refractivity contribution in [1.82, 2.24) is 10.2 Å². The third kappa shape index (κ3) is 6.34. The van der Waals surface area contributed by atoms with E-state index in [0.717, 1.165) is 6.42 Å². The van der Waals surface area contributed by atoms with E-state index in [4.69, 9.17) is 34.8 Å². The fraction of sp³-hybridized carbons (Fsp3) is 0.364. The van der Waals surface area contributed by atoms with Crippen LogP contribution in [-0.4, -0.2) is 29.3 Å². The molecule has 0 aliphatic rings. The number of rotatable bonds is 9. The monoisotopic (exact) mass is 472 g/mol. The van der Waals surface area contributed by atoms with Gasteiger partial charge in [0, 0.05) is 33.7 Å². The lowest BCUT2D eigenvalue weighted by Crippen LogP contribution is -2.49. The predicted molar refractivity (Wildman–Crippen MR) is 120 cm³/mol. The number of carbonyl (C=O) groups excluding carboxylic acids is 2. The van der Waals surface area contributed by atoms with Gasteiger partial charge in [-0.1, -0.05) is 60.8 Å². The normalized spacial score (nSPS) is 11.8. The molecular formula is C22H24Cl3FN2O2. The average Bonchev–Trinajstić information content (AvgIpc) is 2.70. The van der Waals surface area contributed by atoms with Gasteiger partial charge in [-0.2, -0.15) is 0 Å². The van der Waals surface area contributed by atoms with E-state index in [-0.39, 0.29) is 29.5 Å². The van der Waals surface area contributed by atoms with Crippen LogP contribution >= 0.6 is 34.8 Å². The minimum absolute atomic E-state index is 0.0823. The van der Waals surface area contributed by atoms with E-state index in [0.29, 0.717) is 28.6 Å². The van der Waals surface area contributed by atoms with E-state index in [1.807, 2.05) is 13.8 Å². The number of nitrogens with one attached hydrogen (secondary N) is 1. The average molecular weight is 474 g/mol. The van der Waals surface area contributed by atoms with Gasteiger partial charge >= 0.3 is 0 Å². The Morgan fingerprint density at radius 2 is 1.83 bits per heavy atom. The number of carbonyl (C=O) groups is 2. The van der Waals surface area contributed by atoms with E-state index < -0.39 is 17.8 Å². The Kier molecular flexibility index (Phi) is 9.40. The molecule has 30 heavy (non-hydrogen) atoms. The Hall–Kier alpha value is -1.82. The van der Waals surface area contributed by atoms with Crippen LogP contribution in [0.25, 0.3) is 0 Å². The van der Waals surface area contributed by atoms with Gasteiger partial charge in [0.25, 0.3) is 0 Å². The quantitative estimate of drug-likeness (QED) is 0.511.